The topological polar surface area (TPSA) is 59.0 Å². The number of benzene rings is 1. The molecule has 1 N–H and O–H groups in total. The summed E-state index contributed by atoms with van der Waals surface area (Å²) in [5, 5.41) is 10.7. The maximum Gasteiger partial charge on any atom is 0.412 e. The van der Waals surface area contributed by atoms with Crippen LogP contribution in [-0.2, 0) is 16.1 Å². The van der Waals surface area contributed by atoms with Gasteiger partial charge in [-0.2, -0.15) is 0 Å². The number of hydrogen-bond donors (Lipinski definition) is 1. The molecule has 3 atom stereocenters. The normalized spacial score (nSPS) is 22.9. The Labute approximate surface area is 163 Å². The first-order valence-electron chi connectivity index (χ1n) is 10.1. The second-order valence-corrected chi connectivity index (χ2v) is 8.35. The van der Waals surface area contributed by atoms with E-state index in [-0.39, 0.29) is 18.7 Å². The molecule has 0 spiro atoms. The quantitative estimate of drug-likeness (QED) is 0.712. The van der Waals surface area contributed by atoms with Crippen LogP contribution in [0.3, 0.4) is 0 Å². The van der Waals surface area contributed by atoms with Gasteiger partial charge in [0.15, 0.2) is 0 Å². The van der Waals surface area contributed by atoms with Gasteiger partial charge in [0.25, 0.3) is 0 Å². The lowest BCUT2D eigenvalue weighted by atomic mass is 9.93. The van der Waals surface area contributed by atoms with Gasteiger partial charge in [-0.05, 0) is 38.2 Å². The largest absolute Gasteiger partial charge is 0.444 e. The van der Waals surface area contributed by atoms with Crippen molar-refractivity contribution in [1.29, 1.82) is 0 Å². The summed E-state index contributed by atoms with van der Waals surface area (Å²) in [6.07, 6.45) is 2.04. The van der Waals surface area contributed by atoms with Crippen LogP contribution in [0.2, 0.25) is 0 Å². The fourth-order valence-electron chi connectivity index (χ4n) is 3.79. The lowest BCUT2D eigenvalue weighted by Crippen LogP contribution is -2.49. The predicted molar refractivity (Wildman–Crippen MR) is 106 cm³/mol. The summed E-state index contributed by atoms with van der Waals surface area (Å²) < 4.78 is 11.8. The number of rotatable bonds is 8. The van der Waals surface area contributed by atoms with Crippen LogP contribution in [0.4, 0.5) is 4.79 Å². The number of carbonyl (C=O) groups is 1. The summed E-state index contributed by atoms with van der Waals surface area (Å²) in [7, 11) is 0. The molecule has 1 aliphatic heterocycles. The summed E-state index contributed by atoms with van der Waals surface area (Å²) in [5.41, 5.74) is 0.134. The summed E-state index contributed by atoms with van der Waals surface area (Å²) in [6, 6.07) is 9.45. The molecule has 1 amide bonds. The first kappa shape index (κ1) is 21.7. The zero-order valence-corrected chi connectivity index (χ0v) is 17.4. The first-order valence-corrected chi connectivity index (χ1v) is 10.1. The number of aliphatic hydroxyl groups is 1. The fourth-order valence-corrected chi connectivity index (χ4v) is 3.79. The average Bonchev–Trinajstić information content (AvgIpc) is 2.88. The van der Waals surface area contributed by atoms with Gasteiger partial charge in [-0.1, -0.05) is 63.9 Å². The summed E-state index contributed by atoms with van der Waals surface area (Å²) in [6.45, 7) is 10.3. The van der Waals surface area contributed by atoms with Crippen molar-refractivity contribution in [1.82, 2.24) is 4.90 Å². The van der Waals surface area contributed by atoms with Crippen molar-refractivity contribution in [2.45, 2.75) is 90.9 Å². The van der Waals surface area contributed by atoms with Gasteiger partial charge in [0, 0.05) is 0 Å². The Morgan fingerprint density at radius 2 is 1.96 bits per heavy atom. The zero-order chi connectivity index (χ0) is 20.0. The standard InChI is InChI=1S/C22H35NO4/c1-6-7-13-19(24)20-18(14-16(2)3)23(22(4,5)27-20)21(25)26-15-17-11-9-8-10-12-17/h8-12,16,18-20,24H,6-7,13-15H2,1-5H3/t18-,19+,20-/m0/s1. The van der Waals surface area contributed by atoms with Crippen molar-refractivity contribution in [3.8, 4) is 0 Å². The van der Waals surface area contributed by atoms with Gasteiger partial charge in [0.05, 0.1) is 12.1 Å². The van der Waals surface area contributed by atoms with Gasteiger partial charge in [-0.3, -0.25) is 4.90 Å². The van der Waals surface area contributed by atoms with Crippen molar-refractivity contribution in [3.05, 3.63) is 35.9 Å². The molecule has 0 saturated carbocycles. The SMILES string of the molecule is CCCC[C@@H](O)[C@H]1OC(C)(C)N(C(=O)OCc2ccccc2)[C@H]1CC(C)C. The van der Waals surface area contributed by atoms with Crippen molar-refractivity contribution >= 4 is 6.09 Å². The van der Waals surface area contributed by atoms with E-state index < -0.39 is 17.9 Å². The number of amides is 1. The van der Waals surface area contributed by atoms with E-state index in [0.29, 0.717) is 12.3 Å². The van der Waals surface area contributed by atoms with Crippen LogP contribution < -0.4 is 0 Å². The van der Waals surface area contributed by atoms with Gasteiger partial charge < -0.3 is 14.6 Å². The second kappa shape index (κ2) is 9.56. The summed E-state index contributed by atoms with van der Waals surface area (Å²) in [5.74, 6) is 0.373. The van der Waals surface area contributed by atoms with Crippen LogP contribution >= 0.6 is 0 Å². The van der Waals surface area contributed by atoms with Crippen molar-refractivity contribution in [3.63, 3.8) is 0 Å². The molecule has 1 saturated heterocycles. The third kappa shape index (κ3) is 5.69. The summed E-state index contributed by atoms with van der Waals surface area (Å²) >= 11 is 0. The van der Waals surface area contributed by atoms with Gasteiger partial charge in [-0.15, -0.1) is 0 Å². The van der Waals surface area contributed by atoms with E-state index >= 15 is 0 Å². The molecule has 0 radical (unpaired) electrons. The third-order valence-corrected chi connectivity index (χ3v) is 5.06. The third-order valence-electron chi connectivity index (χ3n) is 5.06. The smallest absolute Gasteiger partial charge is 0.412 e. The molecule has 1 heterocycles. The monoisotopic (exact) mass is 377 g/mol. The van der Waals surface area contributed by atoms with Crippen LogP contribution in [0, 0.1) is 5.92 Å². The van der Waals surface area contributed by atoms with E-state index in [2.05, 4.69) is 20.8 Å². The Morgan fingerprint density at radius 3 is 2.56 bits per heavy atom. The molecular weight excluding hydrogens is 342 g/mol. The highest BCUT2D eigenvalue weighted by atomic mass is 16.6. The molecule has 1 aromatic carbocycles. The number of nitrogens with zero attached hydrogens (tertiary/aromatic N) is 1. The molecule has 1 aromatic rings. The molecule has 152 valence electrons. The summed E-state index contributed by atoms with van der Waals surface area (Å²) in [4.78, 5) is 14.6. The molecule has 0 bridgehead atoms. The minimum absolute atomic E-state index is 0.199. The lowest BCUT2D eigenvalue weighted by Gasteiger charge is -2.33. The lowest BCUT2D eigenvalue weighted by molar-refractivity contribution is -0.101. The minimum atomic E-state index is -0.814. The molecule has 1 aliphatic rings. The zero-order valence-electron chi connectivity index (χ0n) is 17.4. The van der Waals surface area contributed by atoms with Crippen LogP contribution in [-0.4, -0.2) is 40.1 Å². The van der Waals surface area contributed by atoms with Crippen LogP contribution in [0.25, 0.3) is 0 Å². The Morgan fingerprint density at radius 1 is 1.30 bits per heavy atom. The van der Waals surface area contributed by atoms with Crippen LogP contribution in [0.5, 0.6) is 0 Å². The van der Waals surface area contributed by atoms with E-state index in [0.717, 1.165) is 24.8 Å². The number of carbonyl (C=O) groups excluding carboxylic acids is 1. The van der Waals surface area contributed by atoms with E-state index in [9.17, 15) is 9.90 Å². The Kier molecular flexibility index (Phi) is 7.68. The molecule has 1 fully saturated rings. The Hall–Kier alpha value is -1.59. The van der Waals surface area contributed by atoms with E-state index in [4.69, 9.17) is 9.47 Å². The van der Waals surface area contributed by atoms with Gasteiger partial charge in [0.1, 0.15) is 18.4 Å². The van der Waals surface area contributed by atoms with Crippen molar-refractivity contribution < 1.29 is 19.4 Å². The van der Waals surface area contributed by atoms with E-state index in [1.54, 1.807) is 4.90 Å². The predicted octanol–water partition coefficient (Wildman–Crippen LogP) is 4.73. The maximum atomic E-state index is 13.0. The van der Waals surface area contributed by atoms with Gasteiger partial charge >= 0.3 is 6.09 Å². The molecule has 27 heavy (non-hydrogen) atoms. The van der Waals surface area contributed by atoms with Crippen LogP contribution in [0.15, 0.2) is 30.3 Å². The highest BCUT2D eigenvalue weighted by molar-refractivity contribution is 5.69. The molecule has 0 unspecified atom stereocenters. The number of hydrogen-bond acceptors (Lipinski definition) is 4. The van der Waals surface area contributed by atoms with Gasteiger partial charge in [0.2, 0.25) is 0 Å². The molecule has 0 aromatic heterocycles. The Balaban J connectivity index is 2.15. The van der Waals surface area contributed by atoms with E-state index in [1.165, 1.54) is 0 Å². The molecule has 2 rings (SSSR count). The van der Waals surface area contributed by atoms with E-state index in [1.807, 2.05) is 44.2 Å². The molecule has 5 heteroatoms. The van der Waals surface area contributed by atoms with Crippen molar-refractivity contribution in [2.24, 2.45) is 5.92 Å². The second-order valence-electron chi connectivity index (χ2n) is 8.35. The number of unbranched alkanes of at least 4 members (excludes halogenated alkanes) is 1. The number of ether oxygens (including phenoxy) is 2. The molecule has 5 nitrogen and oxygen atoms in total. The first-order chi connectivity index (χ1) is 12.8. The van der Waals surface area contributed by atoms with Gasteiger partial charge in [-0.25, -0.2) is 4.79 Å². The average molecular weight is 378 g/mol. The molecule has 0 aliphatic carbocycles. The minimum Gasteiger partial charge on any atom is -0.444 e. The molecular formula is C22H35NO4. The van der Waals surface area contributed by atoms with Crippen LogP contribution in [0.1, 0.15) is 65.9 Å². The number of aliphatic hydroxyl groups excluding tert-OH is 1. The van der Waals surface area contributed by atoms with Crippen molar-refractivity contribution in [2.75, 3.05) is 0 Å². The Bertz CT molecular complexity index is 587. The fraction of sp³-hybridized carbons (Fsp3) is 0.682. The highest BCUT2D eigenvalue weighted by Crippen LogP contribution is 2.38. The highest BCUT2D eigenvalue weighted by Gasteiger charge is 2.52. The maximum absolute atomic E-state index is 13.0.